The van der Waals surface area contributed by atoms with Gasteiger partial charge in [0.05, 0.1) is 6.42 Å². The highest BCUT2D eigenvalue weighted by Crippen LogP contribution is 2.42. The van der Waals surface area contributed by atoms with Crippen molar-refractivity contribution >= 4 is 5.97 Å². The Morgan fingerprint density at radius 3 is 3.31 bits per heavy atom. The highest BCUT2D eigenvalue weighted by Gasteiger charge is 2.36. The molecule has 1 fully saturated rings. The lowest BCUT2D eigenvalue weighted by Crippen LogP contribution is -2.07. The fraction of sp³-hybridized carbons (Fsp3) is 0.364. The normalized spacial score (nSPS) is 30.0. The number of esters is 1. The van der Waals surface area contributed by atoms with E-state index < -0.39 is 0 Å². The van der Waals surface area contributed by atoms with Gasteiger partial charge in [-0.1, -0.05) is 18.2 Å². The topological polar surface area (TPSA) is 26.3 Å². The molecule has 66 valence electrons. The van der Waals surface area contributed by atoms with Crippen molar-refractivity contribution in [2.45, 2.75) is 19.3 Å². The molecule has 0 bridgehead atoms. The fourth-order valence-corrected chi connectivity index (χ4v) is 2.29. The monoisotopic (exact) mass is 174 g/mol. The van der Waals surface area contributed by atoms with E-state index in [9.17, 15) is 4.79 Å². The molecule has 3 rings (SSSR count). The fourth-order valence-electron chi connectivity index (χ4n) is 2.29. The summed E-state index contributed by atoms with van der Waals surface area (Å²) in [6, 6.07) is 0. The number of carbonyl (C=O) groups excluding carboxylic acids is 1. The lowest BCUT2D eigenvalue weighted by Gasteiger charge is -2.19. The second-order valence-corrected chi connectivity index (χ2v) is 3.74. The van der Waals surface area contributed by atoms with Crippen LogP contribution in [0.5, 0.6) is 0 Å². The van der Waals surface area contributed by atoms with Crippen molar-refractivity contribution in [3.8, 4) is 0 Å². The molecular formula is C11H10O2. The minimum absolute atomic E-state index is 0.0611. The predicted octanol–water partition coefficient (Wildman–Crippen LogP) is 2.09. The number of fused-ring (bicyclic) bond motifs is 2. The Kier molecular flexibility index (Phi) is 1.29. The van der Waals surface area contributed by atoms with Gasteiger partial charge in [-0.3, -0.25) is 4.79 Å². The van der Waals surface area contributed by atoms with E-state index in [1.165, 1.54) is 11.1 Å². The maximum absolute atomic E-state index is 11.1. The summed E-state index contributed by atoms with van der Waals surface area (Å²) in [5.74, 6) is 1.23. The minimum atomic E-state index is -0.0611. The number of hydrogen-bond acceptors (Lipinski definition) is 2. The summed E-state index contributed by atoms with van der Waals surface area (Å²) in [7, 11) is 0. The summed E-state index contributed by atoms with van der Waals surface area (Å²) in [5, 5.41) is 0. The van der Waals surface area contributed by atoms with E-state index in [1.807, 2.05) is 6.08 Å². The molecule has 0 radical (unpaired) electrons. The van der Waals surface area contributed by atoms with Gasteiger partial charge in [0.2, 0.25) is 0 Å². The van der Waals surface area contributed by atoms with E-state index in [1.54, 1.807) is 0 Å². The summed E-state index contributed by atoms with van der Waals surface area (Å²) < 4.78 is 5.23. The summed E-state index contributed by atoms with van der Waals surface area (Å²) in [6.07, 6.45) is 8.94. The second-order valence-electron chi connectivity index (χ2n) is 3.74. The molecule has 0 aromatic rings. The molecule has 1 heterocycles. The zero-order valence-corrected chi connectivity index (χ0v) is 7.25. The number of rotatable bonds is 0. The average Bonchev–Trinajstić information content (AvgIpc) is 2.65. The first-order valence-corrected chi connectivity index (χ1v) is 4.67. The van der Waals surface area contributed by atoms with Crippen molar-refractivity contribution < 1.29 is 9.53 Å². The average molecular weight is 174 g/mol. The molecule has 1 saturated heterocycles. The predicted molar refractivity (Wildman–Crippen MR) is 47.7 cm³/mol. The Hall–Kier alpha value is -1.31. The minimum Gasteiger partial charge on any atom is -0.430 e. The zero-order valence-electron chi connectivity index (χ0n) is 7.25. The van der Waals surface area contributed by atoms with Crippen LogP contribution in [0, 0.1) is 5.92 Å². The zero-order chi connectivity index (χ0) is 8.84. The molecule has 0 aromatic heterocycles. The molecule has 0 spiro atoms. The molecule has 2 heteroatoms. The second kappa shape index (κ2) is 2.34. The Balaban J connectivity index is 2.12. The summed E-state index contributed by atoms with van der Waals surface area (Å²) in [6.45, 7) is 0. The molecule has 2 nitrogen and oxygen atoms in total. The van der Waals surface area contributed by atoms with Gasteiger partial charge in [0.25, 0.3) is 0 Å². The molecular weight excluding hydrogens is 164 g/mol. The Morgan fingerprint density at radius 2 is 2.38 bits per heavy atom. The van der Waals surface area contributed by atoms with E-state index in [0.29, 0.717) is 12.3 Å². The van der Waals surface area contributed by atoms with Crippen LogP contribution in [0.2, 0.25) is 0 Å². The SMILES string of the molecule is O=C1CC2CCC3=CC=CC3=C2O1. The van der Waals surface area contributed by atoms with E-state index in [4.69, 9.17) is 4.74 Å². The molecule has 1 unspecified atom stereocenters. The molecule has 1 atom stereocenters. The molecule has 0 amide bonds. The van der Waals surface area contributed by atoms with Crippen molar-refractivity contribution in [1.29, 1.82) is 0 Å². The van der Waals surface area contributed by atoms with Crippen LogP contribution < -0.4 is 0 Å². The van der Waals surface area contributed by atoms with Crippen LogP contribution in [-0.4, -0.2) is 5.97 Å². The van der Waals surface area contributed by atoms with Gasteiger partial charge in [0.1, 0.15) is 5.76 Å². The Morgan fingerprint density at radius 1 is 1.46 bits per heavy atom. The lowest BCUT2D eigenvalue weighted by molar-refractivity contribution is -0.135. The van der Waals surface area contributed by atoms with Gasteiger partial charge >= 0.3 is 5.97 Å². The van der Waals surface area contributed by atoms with Gasteiger partial charge in [-0.15, -0.1) is 0 Å². The Bertz CT molecular complexity index is 372. The lowest BCUT2D eigenvalue weighted by atomic mass is 9.86. The van der Waals surface area contributed by atoms with Crippen LogP contribution in [0.3, 0.4) is 0 Å². The molecule has 0 aromatic carbocycles. The van der Waals surface area contributed by atoms with Crippen molar-refractivity contribution in [1.82, 2.24) is 0 Å². The Labute approximate surface area is 76.6 Å². The van der Waals surface area contributed by atoms with Crippen molar-refractivity contribution in [3.63, 3.8) is 0 Å². The van der Waals surface area contributed by atoms with Crippen LogP contribution in [0.15, 0.2) is 35.1 Å². The third-order valence-corrected chi connectivity index (χ3v) is 2.94. The van der Waals surface area contributed by atoms with Gasteiger partial charge in [0, 0.05) is 11.5 Å². The molecule has 0 saturated carbocycles. The van der Waals surface area contributed by atoms with Gasteiger partial charge in [-0.2, -0.15) is 0 Å². The van der Waals surface area contributed by atoms with Gasteiger partial charge in [-0.05, 0) is 18.4 Å². The van der Waals surface area contributed by atoms with Gasteiger partial charge < -0.3 is 4.74 Å². The smallest absolute Gasteiger partial charge is 0.311 e. The largest absolute Gasteiger partial charge is 0.430 e. The molecule has 0 N–H and O–H groups in total. The van der Waals surface area contributed by atoms with Crippen LogP contribution in [0.25, 0.3) is 0 Å². The van der Waals surface area contributed by atoms with Gasteiger partial charge in [0.15, 0.2) is 0 Å². The van der Waals surface area contributed by atoms with E-state index in [0.717, 1.165) is 18.6 Å². The van der Waals surface area contributed by atoms with E-state index >= 15 is 0 Å². The van der Waals surface area contributed by atoms with Crippen molar-refractivity contribution in [3.05, 3.63) is 35.1 Å². The third kappa shape index (κ3) is 0.916. The van der Waals surface area contributed by atoms with Crippen molar-refractivity contribution in [2.24, 2.45) is 5.92 Å². The maximum Gasteiger partial charge on any atom is 0.311 e. The molecule has 3 aliphatic rings. The van der Waals surface area contributed by atoms with Crippen LogP contribution >= 0.6 is 0 Å². The first kappa shape index (κ1) is 7.13. The molecule has 2 aliphatic carbocycles. The van der Waals surface area contributed by atoms with Crippen LogP contribution in [-0.2, 0) is 9.53 Å². The molecule has 13 heavy (non-hydrogen) atoms. The van der Waals surface area contributed by atoms with Gasteiger partial charge in [-0.25, -0.2) is 0 Å². The summed E-state index contributed by atoms with van der Waals surface area (Å²) in [5.41, 5.74) is 2.50. The van der Waals surface area contributed by atoms with Crippen LogP contribution in [0.1, 0.15) is 19.3 Å². The maximum atomic E-state index is 11.1. The van der Waals surface area contributed by atoms with E-state index in [-0.39, 0.29) is 5.97 Å². The number of allylic oxidation sites excluding steroid dienone is 6. The number of hydrogen-bond donors (Lipinski definition) is 0. The quantitative estimate of drug-likeness (QED) is 0.525. The number of ether oxygens (including phenoxy) is 1. The first-order chi connectivity index (χ1) is 6.34. The molecule has 1 aliphatic heterocycles. The summed E-state index contributed by atoms with van der Waals surface area (Å²) in [4.78, 5) is 11.1. The number of carbonyl (C=O) groups is 1. The summed E-state index contributed by atoms with van der Waals surface area (Å²) >= 11 is 0. The highest BCUT2D eigenvalue weighted by atomic mass is 16.5. The standard InChI is InChI=1S/C11H10O2/c12-10-6-8-5-4-7-2-1-3-9(7)11(8)13-10/h1-3,8H,4-6H2. The highest BCUT2D eigenvalue weighted by molar-refractivity contribution is 5.76. The third-order valence-electron chi connectivity index (χ3n) is 2.94. The van der Waals surface area contributed by atoms with Crippen molar-refractivity contribution in [2.75, 3.05) is 0 Å². The first-order valence-electron chi connectivity index (χ1n) is 4.67. The van der Waals surface area contributed by atoms with E-state index in [2.05, 4.69) is 12.2 Å². The van der Waals surface area contributed by atoms with Crippen LogP contribution in [0.4, 0.5) is 0 Å².